The number of amides is 1. The Morgan fingerprint density at radius 1 is 1.21 bits per heavy atom. The lowest BCUT2D eigenvalue weighted by Crippen LogP contribution is -2.48. The van der Waals surface area contributed by atoms with Crippen LogP contribution in [0, 0.1) is 0 Å². The van der Waals surface area contributed by atoms with Crippen molar-refractivity contribution in [3.8, 4) is 0 Å². The summed E-state index contributed by atoms with van der Waals surface area (Å²) in [5.74, 6) is -0.419. The van der Waals surface area contributed by atoms with Gasteiger partial charge in [-0.15, -0.1) is 0 Å². The van der Waals surface area contributed by atoms with Gasteiger partial charge in [0.1, 0.15) is 0 Å². The number of esters is 1. The van der Waals surface area contributed by atoms with E-state index in [4.69, 9.17) is 4.84 Å². The van der Waals surface area contributed by atoms with Gasteiger partial charge < -0.3 is 14.5 Å². The Bertz CT molecular complexity index is 588. The van der Waals surface area contributed by atoms with Crippen molar-refractivity contribution in [2.24, 2.45) is 5.16 Å². The van der Waals surface area contributed by atoms with E-state index in [9.17, 15) is 9.59 Å². The maximum absolute atomic E-state index is 12.3. The molecule has 1 aromatic carbocycles. The molecule has 2 unspecified atom stereocenters. The van der Waals surface area contributed by atoms with Gasteiger partial charge >= 0.3 is 5.97 Å². The predicted octanol–water partition coefficient (Wildman–Crippen LogP) is 2.61. The van der Waals surface area contributed by atoms with E-state index < -0.39 is 0 Å². The topological polar surface area (TPSA) is 68.2 Å². The minimum Gasteiger partial charge on any atom is -0.465 e. The molecule has 0 aromatic heterocycles. The number of hydrogen-bond acceptors (Lipinski definition) is 5. The number of ether oxygens (including phenoxy) is 1. The Morgan fingerprint density at radius 3 is 2.42 bits per heavy atom. The first-order valence-corrected chi connectivity index (χ1v) is 8.17. The summed E-state index contributed by atoms with van der Waals surface area (Å²) in [4.78, 5) is 30.6. The van der Waals surface area contributed by atoms with Gasteiger partial charge in [-0.2, -0.15) is 0 Å². The zero-order chi connectivity index (χ0) is 17.5. The Hall–Kier alpha value is -2.37. The molecule has 1 saturated heterocycles. The van der Waals surface area contributed by atoms with Gasteiger partial charge in [0, 0.05) is 12.1 Å². The van der Waals surface area contributed by atoms with E-state index in [1.54, 1.807) is 24.3 Å². The van der Waals surface area contributed by atoms with E-state index >= 15 is 0 Å². The minimum atomic E-state index is -0.384. The summed E-state index contributed by atoms with van der Waals surface area (Å²) in [5, 5.41) is 3.83. The van der Waals surface area contributed by atoms with Gasteiger partial charge in [-0.25, -0.2) is 4.79 Å². The number of nitrogens with zero attached hydrogens (tertiary/aromatic N) is 2. The van der Waals surface area contributed by atoms with Gasteiger partial charge in [0.2, 0.25) is 0 Å². The predicted molar refractivity (Wildman–Crippen MR) is 90.9 cm³/mol. The number of carbonyl (C=O) groups excluding carboxylic acids is 2. The fourth-order valence-corrected chi connectivity index (χ4v) is 3.00. The average Bonchev–Trinajstić information content (AvgIpc) is 2.58. The number of benzene rings is 1. The highest BCUT2D eigenvalue weighted by Crippen LogP contribution is 2.22. The zero-order valence-corrected chi connectivity index (χ0v) is 14.4. The maximum atomic E-state index is 12.3. The first-order valence-electron chi connectivity index (χ1n) is 8.17. The molecule has 0 spiro atoms. The third-order valence-electron chi connectivity index (χ3n) is 4.28. The second-order valence-electron chi connectivity index (χ2n) is 6.05. The average molecular weight is 332 g/mol. The Morgan fingerprint density at radius 2 is 1.83 bits per heavy atom. The van der Waals surface area contributed by atoms with Gasteiger partial charge in [-0.3, -0.25) is 4.79 Å². The summed E-state index contributed by atoms with van der Waals surface area (Å²) in [6.07, 6.45) is 4.74. The second kappa shape index (κ2) is 8.47. The molecule has 6 heteroatoms. The number of oxime groups is 1. The van der Waals surface area contributed by atoms with Crippen molar-refractivity contribution in [1.82, 2.24) is 4.90 Å². The number of hydrogen-bond donors (Lipinski definition) is 0. The number of likely N-dealkylation sites (tertiary alicyclic amines) is 1. The molecule has 0 radical (unpaired) electrons. The van der Waals surface area contributed by atoms with Crippen molar-refractivity contribution in [2.75, 3.05) is 13.7 Å². The van der Waals surface area contributed by atoms with E-state index in [2.05, 4.69) is 23.7 Å². The summed E-state index contributed by atoms with van der Waals surface area (Å²) in [5.41, 5.74) is 1.24. The first-order chi connectivity index (χ1) is 11.5. The van der Waals surface area contributed by atoms with Gasteiger partial charge in [0.15, 0.2) is 6.61 Å². The molecule has 1 amide bonds. The van der Waals surface area contributed by atoms with Crippen LogP contribution in [0.5, 0.6) is 0 Å². The molecule has 0 N–H and O–H groups in total. The third kappa shape index (κ3) is 4.57. The summed E-state index contributed by atoms with van der Waals surface area (Å²) < 4.78 is 4.64. The molecule has 2 atom stereocenters. The van der Waals surface area contributed by atoms with Crippen LogP contribution in [0.2, 0.25) is 0 Å². The monoisotopic (exact) mass is 332 g/mol. The molecule has 0 aliphatic carbocycles. The molecule has 1 aliphatic rings. The molecule has 130 valence electrons. The molecule has 1 heterocycles. The highest BCUT2D eigenvalue weighted by molar-refractivity contribution is 5.90. The van der Waals surface area contributed by atoms with Crippen LogP contribution in [-0.4, -0.2) is 48.8 Å². The van der Waals surface area contributed by atoms with Crippen molar-refractivity contribution in [3.05, 3.63) is 35.4 Å². The smallest absolute Gasteiger partial charge is 0.337 e. The number of methoxy groups -OCH3 is 1. The first kappa shape index (κ1) is 18.0. The fourth-order valence-electron chi connectivity index (χ4n) is 3.00. The lowest BCUT2D eigenvalue weighted by Gasteiger charge is -2.38. The van der Waals surface area contributed by atoms with Crippen molar-refractivity contribution in [2.45, 2.75) is 45.2 Å². The summed E-state index contributed by atoms with van der Waals surface area (Å²) >= 11 is 0. The third-order valence-corrected chi connectivity index (χ3v) is 4.28. The lowest BCUT2D eigenvalue weighted by atomic mass is 9.97. The molecule has 1 fully saturated rings. The highest BCUT2D eigenvalue weighted by atomic mass is 16.6. The summed E-state index contributed by atoms with van der Waals surface area (Å²) in [6, 6.07) is 7.26. The Balaban J connectivity index is 1.83. The largest absolute Gasteiger partial charge is 0.465 e. The normalized spacial score (nSPS) is 20.9. The summed E-state index contributed by atoms with van der Waals surface area (Å²) in [7, 11) is 1.34. The van der Waals surface area contributed by atoms with E-state index in [0.29, 0.717) is 5.56 Å². The van der Waals surface area contributed by atoms with Crippen LogP contribution in [-0.2, 0) is 14.4 Å². The molecule has 24 heavy (non-hydrogen) atoms. The lowest BCUT2D eigenvalue weighted by molar-refractivity contribution is -0.142. The zero-order valence-electron chi connectivity index (χ0n) is 14.4. The SMILES string of the molecule is COC(=O)c1ccc(/C=N/OCC(=O)N2C(C)CCCC2C)cc1. The van der Waals surface area contributed by atoms with Crippen molar-refractivity contribution in [3.63, 3.8) is 0 Å². The van der Waals surface area contributed by atoms with Crippen molar-refractivity contribution >= 4 is 18.1 Å². The molecule has 6 nitrogen and oxygen atoms in total. The molecular weight excluding hydrogens is 308 g/mol. The standard InChI is InChI=1S/C18H24N2O4/c1-13-5-4-6-14(2)20(13)17(21)12-24-19-11-15-7-9-16(10-8-15)18(22)23-3/h7-11,13-14H,4-6,12H2,1-3H3/b19-11+. The molecule has 2 rings (SSSR count). The Kier molecular flexibility index (Phi) is 6.35. The van der Waals surface area contributed by atoms with E-state index in [0.717, 1.165) is 24.8 Å². The van der Waals surface area contributed by atoms with Crippen molar-refractivity contribution in [1.29, 1.82) is 0 Å². The molecule has 1 aromatic rings. The summed E-state index contributed by atoms with van der Waals surface area (Å²) in [6.45, 7) is 4.07. The van der Waals surface area contributed by atoms with E-state index in [-0.39, 0.29) is 30.6 Å². The van der Waals surface area contributed by atoms with Crippen LogP contribution in [0.25, 0.3) is 0 Å². The van der Waals surface area contributed by atoms with Crippen LogP contribution in [0.4, 0.5) is 0 Å². The van der Waals surface area contributed by atoms with Crippen LogP contribution >= 0.6 is 0 Å². The maximum Gasteiger partial charge on any atom is 0.337 e. The van der Waals surface area contributed by atoms with Crippen LogP contribution < -0.4 is 0 Å². The number of rotatable bonds is 5. The quantitative estimate of drug-likeness (QED) is 0.472. The van der Waals surface area contributed by atoms with E-state index in [1.165, 1.54) is 13.3 Å². The van der Waals surface area contributed by atoms with Crippen molar-refractivity contribution < 1.29 is 19.2 Å². The van der Waals surface area contributed by atoms with Gasteiger partial charge in [0.05, 0.1) is 18.9 Å². The highest BCUT2D eigenvalue weighted by Gasteiger charge is 2.28. The molecule has 1 aliphatic heterocycles. The van der Waals surface area contributed by atoms with Gasteiger partial charge in [-0.1, -0.05) is 17.3 Å². The van der Waals surface area contributed by atoms with Gasteiger partial charge in [0.25, 0.3) is 5.91 Å². The van der Waals surface area contributed by atoms with Crippen LogP contribution in [0.1, 0.15) is 49.0 Å². The number of piperidine rings is 1. The van der Waals surface area contributed by atoms with Crippen LogP contribution in [0.15, 0.2) is 29.4 Å². The van der Waals surface area contributed by atoms with Gasteiger partial charge in [-0.05, 0) is 50.8 Å². The Labute approximate surface area is 142 Å². The molecular formula is C18H24N2O4. The molecule has 0 saturated carbocycles. The fraction of sp³-hybridized carbons (Fsp3) is 0.500. The number of carbonyl (C=O) groups is 2. The minimum absolute atomic E-state index is 0.0344. The molecule has 0 bridgehead atoms. The second-order valence-corrected chi connectivity index (χ2v) is 6.05. The van der Waals surface area contributed by atoms with Crippen LogP contribution in [0.3, 0.4) is 0 Å². The van der Waals surface area contributed by atoms with E-state index in [1.807, 2.05) is 4.90 Å².